The lowest BCUT2D eigenvalue weighted by molar-refractivity contribution is -0.137. The van der Waals surface area contributed by atoms with Crippen molar-refractivity contribution in [1.29, 1.82) is 0 Å². The van der Waals surface area contributed by atoms with Crippen LogP contribution >= 0.6 is 11.6 Å². The Morgan fingerprint density at radius 2 is 1.97 bits per heavy atom. The number of methoxy groups -OCH3 is 1. The van der Waals surface area contributed by atoms with Crippen LogP contribution in [0, 0.1) is 0 Å². The van der Waals surface area contributed by atoms with Crippen molar-refractivity contribution in [2.75, 3.05) is 38.3 Å². The Kier molecular flexibility index (Phi) is 5.86. The summed E-state index contributed by atoms with van der Waals surface area (Å²) in [7, 11) is 1.54. The lowest BCUT2D eigenvalue weighted by Crippen LogP contribution is -2.55. The van der Waals surface area contributed by atoms with Gasteiger partial charge in [-0.25, -0.2) is 9.38 Å². The van der Waals surface area contributed by atoms with E-state index in [-0.39, 0.29) is 18.6 Å². The third-order valence-corrected chi connectivity index (χ3v) is 6.29. The maximum absolute atomic E-state index is 12.4. The van der Waals surface area contributed by atoms with Gasteiger partial charge in [-0.2, -0.15) is 0 Å². The topological polar surface area (TPSA) is 75.9 Å². The fourth-order valence-corrected chi connectivity index (χ4v) is 4.63. The highest BCUT2D eigenvalue weighted by molar-refractivity contribution is 6.31. The predicted octanol–water partition coefficient (Wildman–Crippen LogP) is 3.21. The van der Waals surface area contributed by atoms with Gasteiger partial charge in [0.1, 0.15) is 12.4 Å². The van der Waals surface area contributed by atoms with E-state index in [4.69, 9.17) is 21.3 Å². The third-order valence-electron chi connectivity index (χ3n) is 6.05. The summed E-state index contributed by atoms with van der Waals surface area (Å²) in [5, 5.41) is 10.6. The van der Waals surface area contributed by atoms with E-state index in [1.807, 2.05) is 52.6 Å². The van der Waals surface area contributed by atoms with E-state index in [0.29, 0.717) is 31.1 Å². The van der Waals surface area contributed by atoms with Crippen LogP contribution in [-0.2, 0) is 16.0 Å². The van der Waals surface area contributed by atoms with Crippen LogP contribution in [-0.4, -0.2) is 69.8 Å². The zero-order valence-corrected chi connectivity index (χ0v) is 19.4. The molecule has 1 amide bonds. The fraction of sp³-hybridized carbons (Fsp3) is 0.333. The van der Waals surface area contributed by atoms with Gasteiger partial charge in [-0.05, 0) is 30.7 Å². The normalized spacial score (nSPS) is 16.6. The number of ether oxygens (including phenoxy) is 1. The zero-order valence-electron chi connectivity index (χ0n) is 18.6. The maximum Gasteiger partial charge on any atom is 0.248 e. The molecule has 170 valence electrons. The van der Waals surface area contributed by atoms with Crippen molar-refractivity contribution in [3.63, 3.8) is 0 Å². The van der Waals surface area contributed by atoms with Crippen molar-refractivity contribution in [1.82, 2.24) is 24.5 Å². The quantitative estimate of drug-likeness (QED) is 0.451. The molecule has 0 aliphatic carbocycles. The van der Waals surface area contributed by atoms with Gasteiger partial charge in [0.2, 0.25) is 11.9 Å². The minimum Gasteiger partial charge on any atom is -0.375 e. The van der Waals surface area contributed by atoms with Gasteiger partial charge in [-0.15, -0.1) is 10.2 Å². The van der Waals surface area contributed by atoms with E-state index < -0.39 is 0 Å². The molecule has 0 spiro atoms. The molecule has 0 bridgehead atoms. The molecule has 1 aliphatic rings. The molecule has 5 rings (SSSR count). The van der Waals surface area contributed by atoms with Crippen LogP contribution in [0.2, 0.25) is 5.02 Å². The second kappa shape index (κ2) is 8.96. The monoisotopic (exact) mass is 464 g/mol. The number of rotatable bonds is 5. The Morgan fingerprint density at radius 3 is 2.73 bits per heavy atom. The van der Waals surface area contributed by atoms with Gasteiger partial charge in [-0.3, -0.25) is 4.79 Å². The van der Waals surface area contributed by atoms with E-state index in [1.54, 1.807) is 7.11 Å². The molecule has 0 N–H and O–H groups in total. The van der Waals surface area contributed by atoms with Gasteiger partial charge in [0.15, 0.2) is 5.65 Å². The summed E-state index contributed by atoms with van der Waals surface area (Å²) in [6, 6.07) is 15.9. The molecule has 8 nitrogen and oxygen atoms in total. The Labute approximate surface area is 196 Å². The Balaban J connectivity index is 1.59. The van der Waals surface area contributed by atoms with Crippen LogP contribution in [0.15, 0.2) is 48.5 Å². The minimum absolute atomic E-state index is 0.00196. The van der Waals surface area contributed by atoms with Gasteiger partial charge in [0.25, 0.3) is 0 Å². The van der Waals surface area contributed by atoms with E-state index in [0.717, 1.165) is 33.9 Å². The summed E-state index contributed by atoms with van der Waals surface area (Å²) in [5.41, 5.74) is 2.68. The third kappa shape index (κ3) is 4.12. The van der Waals surface area contributed by atoms with Crippen LogP contribution in [0.3, 0.4) is 0 Å². The van der Waals surface area contributed by atoms with Crippen molar-refractivity contribution >= 4 is 40.0 Å². The van der Waals surface area contributed by atoms with Crippen LogP contribution in [0.4, 0.5) is 5.95 Å². The first-order valence-corrected chi connectivity index (χ1v) is 11.3. The number of amides is 1. The van der Waals surface area contributed by atoms with Crippen molar-refractivity contribution in [3.05, 3.63) is 64.9 Å². The van der Waals surface area contributed by atoms with Crippen LogP contribution < -0.4 is 4.90 Å². The minimum atomic E-state index is 0.00196. The average molecular weight is 465 g/mol. The number of nitrogens with zero attached hydrogens (tertiary/aromatic N) is 6. The predicted molar refractivity (Wildman–Crippen MR) is 128 cm³/mol. The van der Waals surface area contributed by atoms with Crippen molar-refractivity contribution < 1.29 is 9.53 Å². The Hall–Kier alpha value is -3.23. The summed E-state index contributed by atoms with van der Waals surface area (Å²) in [6.07, 6.45) is 0.637. The highest BCUT2D eigenvalue weighted by Gasteiger charge is 2.30. The first-order valence-electron chi connectivity index (χ1n) is 11.0. The molecule has 4 aromatic rings. The molecule has 3 heterocycles. The standard InChI is InChI=1S/C24H25ClN6O2/c1-16-14-29(10-11-30(16)22(32)15-33-2)24-26-20-13-18(25)8-9-19(20)23-28-27-21(31(23)24)12-17-6-4-3-5-7-17/h3-9,13,16H,10-12,14-15H2,1-2H3/t16-/m0/s1. The number of hydrogen-bond acceptors (Lipinski definition) is 6. The molecule has 1 atom stereocenters. The number of piperazine rings is 1. The van der Waals surface area contributed by atoms with Crippen LogP contribution in [0.5, 0.6) is 0 Å². The Bertz CT molecular complexity index is 1310. The fourth-order valence-electron chi connectivity index (χ4n) is 4.47. The molecular formula is C24H25ClN6O2. The maximum atomic E-state index is 12.4. The van der Waals surface area contributed by atoms with Gasteiger partial charge in [0, 0.05) is 49.6 Å². The van der Waals surface area contributed by atoms with Gasteiger partial charge in [0.05, 0.1) is 5.52 Å². The van der Waals surface area contributed by atoms with E-state index in [1.165, 1.54) is 0 Å². The molecule has 0 saturated carbocycles. The highest BCUT2D eigenvalue weighted by Crippen LogP contribution is 2.28. The summed E-state index contributed by atoms with van der Waals surface area (Å²) in [4.78, 5) is 21.5. The molecule has 2 aromatic heterocycles. The molecule has 1 fully saturated rings. The van der Waals surface area contributed by atoms with Gasteiger partial charge in [-0.1, -0.05) is 41.9 Å². The highest BCUT2D eigenvalue weighted by atomic mass is 35.5. The number of halogens is 1. The molecular weight excluding hydrogens is 440 g/mol. The van der Waals surface area contributed by atoms with Crippen molar-refractivity contribution in [3.8, 4) is 0 Å². The number of aromatic nitrogens is 4. The number of anilines is 1. The summed E-state index contributed by atoms with van der Waals surface area (Å²) in [5.74, 6) is 1.59. The van der Waals surface area contributed by atoms with Gasteiger partial charge < -0.3 is 14.5 Å². The molecule has 2 aromatic carbocycles. The number of benzene rings is 2. The van der Waals surface area contributed by atoms with Gasteiger partial charge >= 0.3 is 0 Å². The number of hydrogen-bond donors (Lipinski definition) is 0. The number of carbonyl (C=O) groups excluding carboxylic acids is 1. The smallest absolute Gasteiger partial charge is 0.248 e. The van der Waals surface area contributed by atoms with E-state index in [2.05, 4.69) is 27.2 Å². The summed E-state index contributed by atoms with van der Waals surface area (Å²) < 4.78 is 7.09. The lowest BCUT2D eigenvalue weighted by atomic mass is 10.1. The van der Waals surface area contributed by atoms with Crippen molar-refractivity contribution in [2.24, 2.45) is 0 Å². The first-order chi connectivity index (χ1) is 16.0. The van der Waals surface area contributed by atoms with Crippen LogP contribution in [0.1, 0.15) is 18.3 Å². The lowest BCUT2D eigenvalue weighted by Gasteiger charge is -2.40. The van der Waals surface area contributed by atoms with Crippen molar-refractivity contribution in [2.45, 2.75) is 19.4 Å². The summed E-state index contributed by atoms with van der Waals surface area (Å²) >= 11 is 6.27. The molecule has 0 radical (unpaired) electrons. The second-order valence-electron chi connectivity index (χ2n) is 8.33. The van der Waals surface area contributed by atoms with E-state index >= 15 is 0 Å². The Morgan fingerprint density at radius 1 is 1.15 bits per heavy atom. The molecule has 1 aliphatic heterocycles. The van der Waals surface area contributed by atoms with E-state index in [9.17, 15) is 4.79 Å². The van der Waals surface area contributed by atoms with Crippen LogP contribution in [0.25, 0.3) is 16.6 Å². The first kappa shape index (κ1) is 21.6. The second-order valence-corrected chi connectivity index (χ2v) is 8.76. The molecule has 9 heteroatoms. The zero-order chi connectivity index (χ0) is 22.9. The average Bonchev–Trinajstić information content (AvgIpc) is 3.22. The number of carbonyl (C=O) groups is 1. The SMILES string of the molecule is COCC(=O)N1CCN(c2nc3cc(Cl)ccc3c3nnc(Cc4ccccc4)n23)C[C@@H]1C. The largest absolute Gasteiger partial charge is 0.375 e. The molecule has 0 unspecified atom stereocenters. The molecule has 1 saturated heterocycles. The summed E-state index contributed by atoms with van der Waals surface area (Å²) in [6.45, 7) is 4.03. The number of fused-ring (bicyclic) bond motifs is 3. The molecule has 33 heavy (non-hydrogen) atoms.